The van der Waals surface area contributed by atoms with Gasteiger partial charge in [0.2, 0.25) is 11.8 Å². The Morgan fingerprint density at radius 1 is 1.22 bits per heavy atom. The van der Waals surface area contributed by atoms with Crippen LogP contribution >= 0.6 is 0 Å². The van der Waals surface area contributed by atoms with Gasteiger partial charge in [0.15, 0.2) is 0 Å². The summed E-state index contributed by atoms with van der Waals surface area (Å²) in [5.41, 5.74) is 5.43. The molecule has 36 heavy (non-hydrogen) atoms. The zero-order chi connectivity index (χ0) is 26.4. The summed E-state index contributed by atoms with van der Waals surface area (Å²) in [6.07, 6.45) is 3.05. The van der Waals surface area contributed by atoms with Gasteiger partial charge in [-0.15, -0.1) is 0 Å². The van der Waals surface area contributed by atoms with Gasteiger partial charge in [-0.25, -0.2) is 5.43 Å². The number of rotatable bonds is 8. The second kappa shape index (κ2) is 11.7. The molecule has 2 heterocycles. The number of nitrogens with zero attached hydrogens (tertiary/aromatic N) is 3. The van der Waals surface area contributed by atoms with Crippen LogP contribution < -0.4 is 16.1 Å². The normalized spacial score (nSPS) is 20.4. The molecule has 0 bridgehead atoms. The second-order valence-corrected chi connectivity index (χ2v) is 8.73. The monoisotopic (exact) mass is 496 g/mol. The van der Waals surface area contributed by atoms with Crippen LogP contribution in [0.2, 0.25) is 0 Å². The average molecular weight is 497 g/mol. The highest BCUT2D eigenvalue weighted by Gasteiger charge is 2.40. The molecule has 11 nitrogen and oxygen atoms in total. The third-order valence-corrected chi connectivity index (χ3v) is 6.05. The molecule has 11 heteroatoms. The van der Waals surface area contributed by atoms with E-state index in [1.54, 1.807) is 29.3 Å². The Bertz CT molecular complexity index is 1110. The number of nitriles is 1. The largest absolute Gasteiger partial charge is 0.481 e. The Balaban J connectivity index is 0.00000176. The number of hydrogen-bond donors (Lipinski definition) is 4. The number of carboxylic acid groups (broad SMARTS) is 1. The van der Waals surface area contributed by atoms with Gasteiger partial charge >= 0.3 is 5.97 Å². The van der Waals surface area contributed by atoms with E-state index in [-0.39, 0.29) is 43.3 Å². The van der Waals surface area contributed by atoms with Crippen LogP contribution in [0, 0.1) is 17.2 Å². The molecular weight excluding hydrogens is 464 g/mol. The van der Waals surface area contributed by atoms with Crippen LogP contribution in [0.15, 0.2) is 30.0 Å². The molecule has 192 valence electrons. The minimum absolute atomic E-state index is 0.000631. The Morgan fingerprint density at radius 2 is 1.94 bits per heavy atom. The third-order valence-electron chi connectivity index (χ3n) is 6.05. The fraction of sp³-hybridized carbons (Fsp3) is 0.480. The van der Waals surface area contributed by atoms with E-state index in [4.69, 9.17) is 5.11 Å². The highest BCUT2D eigenvalue weighted by Crippen LogP contribution is 2.35. The highest BCUT2D eigenvalue weighted by molar-refractivity contribution is 5.96. The molecule has 3 aliphatic rings. The molecule has 1 aliphatic carbocycles. The maximum Gasteiger partial charge on any atom is 0.303 e. The highest BCUT2D eigenvalue weighted by atomic mass is 16.4. The predicted octanol–water partition coefficient (Wildman–Crippen LogP) is 1.85. The number of hydrogen-bond acceptors (Lipinski definition) is 7. The summed E-state index contributed by atoms with van der Waals surface area (Å²) in [4.78, 5) is 49.5. The second-order valence-electron chi connectivity index (χ2n) is 8.73. The molecule has 2 aliphatic heterocycles. The number of hydrazine groups is 1. The van der Waals surface area contributed by atoms with Crippen LogP contribution in [0.5, 0.6) is 0 Å². The van der Waals surface area contributed by atoms with Gasteiger partial charge in [0.1, 0.15) is 5.70 Å². The molecule has 3 amide bonds. The lowest BCUT2D eigenvalue weighted by Gasteiger charge is -2.39. The van der Waals surface area contributed by atoms with Gasteiger partial charge < -0.3 is 20.6 Å². The number of benzene rings is 1. The lowest BCUT2D eigenvalue weighted by molar-refractivity contribution is -0.139. The smallest absolute Gasteiger partial charge is 0.303 e. The quantitative estimate of drug-likeness (QED) is 0.425. The number of fused-ring (bicyclic) bond motifs is 1. The number of carbonyl (C=O) groups excluding carboxylic acids is 3. The fourth-order valence-electron chi connectivity index (χ4n) is 4.05. The van der Waals surface area contributed by atoms with Gasteiger partial charge in [0, 0.05) is 24.6 Å². The van der Waals surface area contributed by atoms with E-state index < -0.39 is 17.9 Å². The van der Waals surface area contributed by atoms with Crippen molar-refractivity contribution in [2.75, 3.05) is 18.5 Å². The van der Waals surface area contributed by atoms with Gasteiger partial charge in [-0.1, -0.05) is 19.9 Å². The number of amides is 3. The van der Waals surface area contributed by atoms with Crippen LogP contribution in [0.1, 0.15) is 63.6 Å². The summed E-state index contributed by atoms with van der Waals surface area (Å²) in [7, 11) is 0. The summed E-state index contributed by atoms with van der Waals surface area (Å²) in [5.74, 6) is -1.84. The van der Waals surface area contributed by atoms with Crippen LogP contribution in [-0.4, -0.2) is 58.0 Å². The van der Waals surface area contributed by atoms with Crippen molar-refractivity contribution >= 4 is 29.4 Å². The zero-order valence-corrected chi connectivity index (χ0v) is 20.7. The van der Waals surface area contributed by atoms with Crippen LogP contribution in [0.4, 0.5) is 5.69 Å². The molecule has 2 atom stereocenters. The molecule has 1 saturated carbocycles. The van der Waals surface area contributed by atoms with Crippen molar-refractivity contribution in [3.63, 3.8) is 0 Å². The molecule has 1 aromatic carbocycles. The standard InChI is InChI=1S/C23H26N6O5.C2H6/c1-13-11-28(12-25-20(30)6-7-21(31)32)23(34)19-9-18(27-29(13)19)16-5-2-14(10-24)8-17(16)26-22(33)15-3-4-15;1-2/h2,5,8-9,13,15,18,27H,3-4,6-7,11-12H2,1H3,(H,25,30)(H,26,33)(H,31,32);1-2H3. The lowest BCUT2D eigenvalue weighted by atomic mass is 10.0. The molecular formula is C25H32N6O5. The molecule has 1 aromatic rings. The topological polar surface area (TPSA) is 155 Å². The molecule has 4 N–H and O–H groups in total. The Morgan fingerprint density at radius 3 is 2.58 bits per heavy atom. The first-order valence-electron chi connectivity index (χ1n) is 12.2. The first kappa shape index (κ1) is 26.7. The van der Waals surface area contributed by atoms with Crippen LogP contribution in [-0.2, 0) is 19.2 Å². The molecule has 4 rings (SSSR count). The van der Waals surface area contributed by atoms with Gasteiger partial charge in [-0.2, -0.15) is 5.26 Å². The van der Waals surface area contributed by atoms with Gasteiger partial charge in [0.05, 0.1) is 36.8 Å². The zero-order valence-electron chi connectivity index (χ0n) is 20.7. The Hall–Kier alpha value is -3.91. The van der Waals surface area contributed by atoms with Crippen LogP contribution in [0.25, 0.3) is 0 Å². The van der Waals surface area contributed by atoms with Crippen molar-refractivity contribution in [2.45, 2.75) is 58.5 Å². The fourth-order valence-corrected chi connectivity index (χ4v) is 4.05. The van der Waals surface area contributed by atoms with Crippen molar-refractivity contribution in [3.8, 4) is 6.07 Å². The van der Waals surface area contributed by atoms with E-state index in [0.29, 0.717) is 23.5 Å². The summed E-state index contributed by atoms with van der Waals surface area (Å²) >= 11 is 0. The molecule has 2 unspecified atom stereocenters. The summed E-state index contributed by atoms with van der Waals surface area (Å²) in [6, 6.07) is 6.66. The number of carboxylic acids is 1. The number of carbonyl (C=O) groups is 4. The molecule has 0 spiro atoms. The van der Waals surface area contributed by atoms with Gasteiger partial charge in [0.25, 0.3) is 5.91 Å². The van der Waals surface area contributed by atoms with E-state index in [9.17, 15) is 24.4 Å². The van der Waals surface area contributed by atoms with Crippen molar-refractivity contribution in [2.24, 2.45) is 5.92 Å². The minimum atomic E-state index is -1.06. The lowest BCUT2D eigenvalue weighted by Crippen LogP contribution is -2.57. The van der Waals surface area contributed by atoms with E-state index in [1.807, 2.05) is 20.8 Å². The summed E-state index contributed by atoms with van der Waals surface area (Å²) < 4.78 is 0. The van der Waals surface area contributed by atoms with Gasteiger partial charge in [-0.3, -0.25) is 24.2 Å². The maximum absolute atomic E-state index is 13.1. The van der Waals surface area contributed by atoms with Crippen molar-refractivity contribution < 1.29 is 24.3 Å². The van der Waals surface area contributed by atoms with E-state index in [2.05, 4.69) is 22.1 Å². The number of nitrogens with one attached hydrogen (secondary N) is 3. The first-order valence-corrected chi connectivity index (χ1v) is 12.2. The van der Waals surface area contributed by atoms with E-state index in [1.165, 1.54) is 4.90 Å². The Labute approximate surface area is 210 Å². The number of anilines is 1. The third kappa shape index (κ3) is 6.20. The average Bonchev–Trinajstić information content (AvgIpc) is 3.63. The van der Waals surface area contributed by atoms with E-state index in [0.717, 1.165) is 18.4 Å². The molecule has 0 aromatic heterocycles. The maximum atomic E-state index is 13.1. The minimum Gasteiger partial charge on any atom is -0.481 e. The van der Waals surface area contributed by atoms with E-state index >= 15 is 0 Å². The summed E-state index contributed by atoms with van der Waals surface area (Å²) in [5, 5.41) is 25.3. The molecule has 1 saturated heterocycles. The summed E-state index contributed by atoms with van der Waals surface area (Å²) in [6.45, 7) is 6.27. The molecule has 2 fully saturated rings. The first-order chi connectivity index (χ1) is 17.3. The SMILES string of the molecule is CC.CC1CN(CNC(=O)CCC(=O)O)C(=O)C2=CC(c3ccc(C#N)cc3NC(=O)C3CC3)NN21. The predicted molar refractivity (Wildman–Crippen MR) is 131 cm³/mol. The van der Waals surface area contributed by atoms with Gasteiger partial charge in [-0.05, 0) is 43.5 Å². The molecule has 0 radical (unpaired) electrons. The number of aliphatic carboxylic acids is 1. The van der Waals surface area contributed by atoms with Crippen molar-refractivity contribution in [1.82, 2.24) is 20.7 Å². The van der Waals surface area contributed by atoms with Crippen molar-refractivity contribution in [3.05, 3.63) is 41.1 Å². The van der Waals surface area contributed by atoms with Crippen LogP contribution in [0.3, 0.4) is 0 Å². The van der Waals surface area contributed by atoms with Crippen molar-refractivity contribution in [1.29, 1.82) is 5.26 Å². The number of piperazine rings is 1. The Kier molecular flexibility index (Phi) is 8.66.